The van der Waals surface area contributed by atoms with E-state index in [4.69, 9.17) is 0 Å². The van der Waals surface area contributed by atoms with Crippen LogP contribution in [0, 0.1) is 0 Å². The number of anilines is 1. The lowest BCUT2D eigenvalue weighted by Crippen LogP contribution is -2.48. The third kappa shape index (κ3) is 2.34. The molecule has 7 heteroatoms. The summed E-state index contributed by atoms with van der Waals surface area (Å²) in [5.74, 6) is -0.364. The number of nitrogens with zero attached hydrogens (tertiary/aromatic N) is 1. The molecule has 0 bridgehead atoms. The van der Waals surface area contributed by atoms with Crippen molar-refractivity contribution in [2.45, 2.75) is 43.8 Å². The highest BCUT2D eigenvalue weighted by atomic mass is 19.4. The molecule has 0 unspecified atom stereocenters. The second kappa shape index (κ2) is 5.00. The molecular weight excluding hydrogens is 297 g/mol. The minimum atomic E-state index is -4.44. The molecule has 3 amide bonds. The van der Waals surface area contributed by atoms with E-state index in [1.54, 1.807) is 0 Å². The number of nitrogens with one attached hydrogen (secondary N) is 1. The van der Waals surface area contributed by atoms with Gasteiger partial charge in [-0.25, -0.2) is 9.69 Å². The number of halogens is 3. The fourth-order valence-electron chi connectivity index (χ4n) is 3.15. The molecule has 2 fully saturated rings. The molecule has 1 aromatic rings. The molecule has 2 aliphatic rings. The molecule has 1 saturated heterocycles. The molecule has 1 aromatic carbocycles. The summed E-state index contributed by atoms with van der Waals surface area (Å²) in [5.41, 5.74) is -1.52. The summed E-state index contributed by atoms with van der Waals surface area (Å²) >= 11 is 0. The van der Waals surface area contributed by atoms with Gasteiger partial charge in [-0.2, -0.15) is 13.2 Å². The molecule has 1 N–H and O–H groups in total. The number of carbonyl (C=O) groups is 2. The predicted octanol–water partition coefficient (Wildman–Crippen LogP) is 3.46. The van der Waals surface area contributed by atoms with Crippen LogP contribution in [0.3, 0.4) is 0 Å². The van der Waals surface area contributed by atoms with Crippen molar-refractivity contribution in [3.05, 3.63) is 29.8 Å². The van der Waals surface area contributed by atoms with E-state index >= 15 is 0 Å². The summed E-state index contributed by atoms with van der Waals surface area (Å²) in [5, 5.41) is 2.73. The van der Waals surface area contributed by atoms with E-state index in [1.165, 1.54) is 0 Å². The zero-order chi connectivity index (χ0) is 16.0. The van der Waals surface area contributed by atoms with Gasteiger partial charge in [0, 0.05) is 0 Å². The predicted molar refractivity (Wildman–Crippen MR) is 73.3 cm³/mol. The third-order valence-corrected chi connectivity index (χ3v) is 4.32. The zero-order valence-corrected chi connectivity index (χ0v) is 11.7. The maximum atomic E-state index is 12.6. The summed E-state index contributed by atoms with van der Waals surface area (Å²) in [7, 11) is 0. The van der Waals surface area contributed by atoms with Gasteiger partial charge in [0.2, 0.25) is 0 Å². The Morgan fingerprint density at radius 3 is 2.14 bits per heavy atom. The number of imide groups is 1. The zero-order valence-electron chi connectivity index (χ0n) is 11.7. The molecule has 1 heterocycles. The molecule has 0 atom stereocenters. The lowest BCUT2D eigenvalue weighted by atomic mass is 9.81. The van der Waals surface area contributed by atoms with E-state index in [-0.39, 0.29) is 11.6 Å². The van der Waals surface area contributed by atoms with Crippen molar-refractivity contribution in [3.8, 4) is 0 Å². The van der Waals surface area contributed by atoms with E-state index in [1.807, 2.05) is 0 Å². The number of amides is 3. The molecule has 1 aliphatic heterocycles. The van der Waals surface area contributed by atoms with Crippen molar-refractivity contribution < 1.29 is 22.8 Å². The highest BCUT2D eigenvalue weighted by Crippen LogP contribution is 2.36. The Balaban J connectivity index is 1.88. The normalized spacial score (nSPS) is 21.3. The van der Waals surface area contributed by atoms with Crippen LogP contribution in [-0.4, -0.2) is 17.5 Å². The van der Waals surface area contributed by atoms with Gasteiger partial charge >= 0.3 is 12.2 Å². The lowest BCUT2D eigenvalue weighted by molar-refractivity contribution is -0.137. The Morgan fingerprint density at radius 1 is 1.00 bits per heavy atom. The van der Waals surface area contributed by atoms with Crippen molar-refractivity contribution in [1.82, 2.24) is 5.32 Å². The van der Waals surface area contributed by atoms with Gasteiger partial charge in [0.25, 0.3) is 5.91 Å². The third-order valence-electron chi connectivity index (χ3n) is 4.32. The highest BCUT2D eigenvalue weighted by Gasteiger charge is 2.51. The van der Waals surface area contributed by atoms with Crippen LogP contribution in [-0.2, 0) is 11.0 Å². The van der Waals surface area contributed by atoms with Gasteiger partial charge in [0.1, 0.15) is 5.54 Å². The maximum Gasteiger partial charge on any atom is 0.416 e. The molecule has 3 rings (SSSR count). The Kier molecular flexibility index (Phi) is 3.38. The van der Waals surface area contributed by atoms with Crippen molar-refractivity contribution in [2.75, 3.05) is 4.90 Å². The topological polar surface area (TPSA) is 49.4 Å². The summed E-state index contributed by atoms with van der Waals surface area (Å²) in [6, 6.07) is 3.50. The molecule has 118 valence electrons. The second-order valence-electron chi connectivity index (χ2n) is 5.76. The van der Waals surface area contributed by atoms with Crippen LogP contribution in [0.1, 0.15) is 37.7 Å². The number of carbonyl (C=O) groups excluding carboxylic acids is 2. The standard InChI is InChI=1S/C15H15F3N2O2/c16-15(17,18)10-4-6-11(7-5-10)20-12(21)14(19-13(20)22)8-2-1-3-9-14/h4-7H,1-3,8-9H2,(H,19,22). The SMILES string of the molecule is O=C1NC2(CCCCC2)C(=O)N1c1ccc(C(F)(F)F)cc1. The average molecular weight is 312 g/mol. The Bertz CT molecular complexity index is 604. The number of alkyl halides is 3. The first kappa shape index (κ1) is 14.9. The summed E-state index contributed by atoms with van der Waals surface area (Å²) in [6.07, 6.45) is -0.561. The van der Waals surface area contributed by atoms with Crippen LogP contribution in [0.25, 0.3) is 0 Å². The summed E-state index contributed by atoms with van der Waals surface area (Å²) < 4.78 is 37.7. The molecular formula is C15H15F3N2O2. The number of urea groups is 1. The van der Waals surface area contributed by atoms with E-state index in [0.29, 0.717) is 12.8 Å². The van der Waals surface area contributed by atoms with E-state index in [0.717, 1.165) is 48.4 Å². The highest BCUT2D eigenvalue weighted by molar-refractivity contribution is 6.23. The summed E-state index contributed by atoms with van der Waals surface area (Å²) in [6.45, 7) is 0. The van der Waals surface area contributed by atoms with E-state index < -0.39 is 23.3 Å². The molecule has 1 saturated carbocycles. The van der Waals surface area contributed by atoms with Gasteiger partial charge < -0.3 is 5.32 Å². The van der Waals surface area contributed by atoms with Gasteiger partial charge in [-0.1, -0.05) is 19.3 Å². The quantitative estimate of drug-likeness (QED) is 0.807. The average Bonchev–Trinajstić information content (AvgIpc) is 2.70. The maximum absolute atomic E-state index is 12.6. The first-order chi connectivity index (χ1) is 10.3. The number of hydrogen-bond donors (Lipinski definition) is 1. The monoisotopic (exact) mass is 312 g/mol. The Labute approximate surface area is 125 Å². The molecule has 0 radical (unpaired) electrons. The van der Waals surface area contributed by atoms with Crippen LogP contribution in [0.2, 0.25) is 0 Å². The first-order valence-electron chi connectivity index (χ1n) is 7.17. The molecule has 1 aliphatic carbocycles. The van der Waals surface area contributed by atoms with Crippen LogP contribution >= 0.6 is 0 Å². The smallest absolute Gasteiger partial charge is 0.323 e. The minimum Gasteiger partial charge on any atom is -0.323 e. The second-order valence-corrected chi connectivity index (χ2v) is 5.76. The first-order valence-corrected chi connectivity index (χ1v) is 7.17. The Hall–Kier alpha value is -2.05. The van der Waals surface area contributed by atoms with Gasteiger partial charge in [-0.05, 0) is 37.1 Å². The molecule has 0 aromatic heterocycles. The van der Waals surface area contributed by atoms with Gasteiger partial charge in [0.15, 0.2) is 0 Å². The van der Waals surface area contributed by atoms with E-state index in [9.17, 15) is 22.8 Å². The van der Waals surface area contributed by atoms with Crippen LogP contribution in [0.5, 0.6) is 0 Å². The fraction of sp³-hybridized carbons (Fsp3) is 0.467. The van der Waals surface area contributed by atoms with Gasteiger partial charge in [0.05, 0.1) is 11.3 Å². The number of hydrogen-bond acceptors (Lipinski definition) is 2. The lowest BCUT2D eigenvalue weighted by Gasteiger charge is -2.30. The number of benzene rings is 1. The minimum absolute atomic E-state index is 0.165. The van der Waals surface area contributed by atoms with Crippen LogP contribution in [0.15, 0.2) is 24.3 Å². The van der Waals surface area contributed by atoms with Gasteiger partial charge in [-0.3, -0.25) is 4.79 Å². The fourth-order valence-corrected chi connectivity index (χ4v) is 3.15. The molecule has 4 nitrogen and oxygen atoms in total. The Morgan fingerprint density at radius 2 is 1.59 bits per heavy atom. The van der Waals surface area contributed by atoms with Crippen molar-refractivity contribution >= 4 is 17.6 Å². The van der Waals surface area contributed by atoms with Crippen molar-refractivity contribution in [2.24, 2.45) is 0 Å². The van der Waals surface area contributed by atoms with Crippen molar-refractivity contribution in [1.29, 1.82) is 0 Å². The molecule has 22 heavy (non-hydrogen) atoms. The van der Waals surface area contributed by atoms with Gasteiger partial charge in [-0.15, -0.1) is 0 Å². The van der Waals surface area contributed by atoms with Crippen LogP contribution < -0.4 is 10.2 Å². The molecule has 1 spiro atoms. The van der Waals surface area contributed by atoms with E-state index in [2.05, 4.69) is 5.32 Å². The van der Waals surface area contributed by atoms with Crippen LogP contribution in [0.4, 0.5) is 23.7 Å². The van der Waals surface area contributed by atoms with Crippen molar-refractivity contribution in [3.63, 3.8) is 0 Å². The largest absolute Gasteiger partial charge is 0.416 e. The number of rotatable bonds is 1. The summed E-state index contributed by atoms with van der Waals surface area (Å²) in [4.78, 5) is 25.7.